The molecule has 0 saturated heterocycles. The first kappa shape index (κ1) is 27.7. The van der Waals surface area contributed by atoms with Gasteiger partial charge in [0.05, 0.1) is 5.56 Å². The van der Waals surface area contributed by atoms with Crippen molar-refractivity contribution >= 4 is 11.9 Å². The second kappa shape index (κ2) is 11.9. The lowest BCUT2D eigenvalue weighted by molar-refractivity contribution is -0.144. The molecular weight excluding hydrogens is 476 g/mol. The zero-order valence-corrected chi connectivity index (χ0v) is 21.6. The van der Waals surface area contributed by atoms with Crippen LogP contribution in [0.5, 0.6) is 0 Å². The predicted molar refractivity (Wildman–Crippen MR) is 137 cm³/mol. The van der Waals surface area contributed by atoms with Gasteiger partial charge in [0.25, 0.3) is 5.56 Å². The van der Waals surface area contributed by atoms with Crippen molar-refractivity contribution < 1.29 is 14.7 Å². The third-order valence-corrected chi connectivity index (χ3v) is 7.52. The molecule has 1 heterocycles. The summed E-state index contributed by atoms with van der Waals surface area (Å²) in [7, 11) is 3.04. The predicted octanol–water partition coefficient (Wildman–Crippen LogP) is 2.45. The summed E-state index contributed by atoms with van der Waals surface area (Å²) < 4.78 is 2.48. The molecule has 0 bridgehead atoms. The molecule has 0 aliphatic heterocycles. The zero-order valence-electron chi connectivity index (χ0n) is 21.6. The Morgan fingerprint density at radius 3 is 2.38 bits per heavy atom. The Balaban J connectivity index is 1.75. The number of hydrogen-bond donors (Lipinski definition) is 3. The van der Waals surface area contributed by atoms with Crippen LogP contribution in [0.1, 0.15) is 56.2 Å². The molecule has 0 spiro atoms. The number of hydrogen-bond acceptors (Lipinski definition) is 6. The Labute approximate surface area is 214 Å². The lowest BCUT2D eigenvalue weighted by atomic mass is 9.79. The number of amides is 1. The van der Waals surface area contributed by atoms with E-state index in [0.717, 1.165) is 43.1 Å². The van der Waals surface area contributed by atoms with Gasteiger partial charge < -0.3 is 15.0 Å². The molecule has 1 saturated carbocycles. The molecule has 1 aliphatic rings. The first-order valence-electron chi connectivity index (χ1n) is 12.5. The Morgan fingerprint density at radius 1 is 1.14 bits per heavy atom. The van der Waals surface area contributed by atoms with Crippen molar-refractivity contribution in [2.45, 2.75) is 64.3 Å². The highest BCUT2D eigenvalue weighted by molar-refractivity contribution is 5.87. The summed E-state index contributed by atoms with van der Waals surface area (Å²) >= 11 is 0. The molecule has 37 heavy (non-hydrogen) atoms. The number of carbonyl (C=O) groups is 2. The number of rotatable bonds is 11. The molecule has 1 fully saturated rings. The largest absolute Gasteiger partial charge is 0.480 e. The molecule has 1 atom stereocenters. The summed E-state index contributed by atoms with van der Waals surface area (Å²) in [4.78, 5) is 53.2. The van der Waals surface area contributed by atoms with E-state index in [1.807, 2.05) is 0 Å². The van der Waals surface area contributed by atoms with Crippen LogP contribution in [0.15, 0.2) is 39.0 Å². The molecule has 198 valence electrons. The Bertz CT molecular complexity index is 1310. The molecule has 1 aliphatic carbocycles. The monoisotopic (exact) mass is 511 g/mol. The smallest absolute Gasteiger partial charge is 0.330 e. The van der Waals surface area contributed by atoms with Crippen molar-refractivity contribution in [3.8, 4) is 11.1 Å². The Hall–Kier alpha value is -3.85. The standard InChI is InChI=1S/C26H34N6O5/c1-17-21(22(33)32(3)25(37)31(17)2)19-10-8-18(9-11-19)16-20(23(34)35)29-24(36)26(12-4-5-13-26)14-6-7-15-28-30-27/h8-11,20,27H,4-7,12-16H2,1-3H3,(H-,29,34,35,36)/p+1/t20-/m0/s1. The molecule has 1 amide bonds. The van der Waals surface area contributed by atoms with Crippen molar-refractivity contribution in [2.75, 3.05) is 6.54 Å². The van der Waals surface area contributed by atoms with Crippen molar-refractivity contribution in [3.05, 3.63) is 56.4 Å². The summed E-state index contributed by atoms with van der Waals surface area (Å²) in [5.74, 6) is -1.33. The van der Waals surface area contributed by atoms with E-state index < -0.39 is 28.7 Å². The van der Waals surface area contributed by atoms with E-state index in [1.165, 1.54) is 11.6 Å². The lowest BCUT2D eigenvalue weighted by Crippen LogP contribution is -2.48. The minimum atomic E-state index is -1.11. The van der Waals surface area contributed by atoms with Crippen LogP contribution in [0.3, 0.4) is 0 Å². The fourth-order valence-corrected chi connectivity index (χ4v) is 5.17. The number of benzene rings is 1. The molecule has 0 radical (unpaired) electrons. The van der Waals surface area contributed by atoms with Gasteiger partial charge in [0.15, 0.2) is 0 Å². The number of carboxylic acids is 1. The number of unbranched alkanes of at least 4 members (excludes halogenated alkanes) is 1. The first-order chi connectivity index (χ1) is 17.6. The van der Waals surface area contributed by atoms with Crippen LogP contribution in [0, 0.1) is 17.9 Å². The molecular formula is C26H35N6O5+. The van der Waals surface area contributed by atoms with Gasteiger partial charge in [-0.15, -0.1) is 0 Å². The molecule has 11 heteroatoms. The third kappa shape index (κ3) is 6.11. The molecule has 11 nitrogen and oxygen atoms in total. The van der Waals surface area contributed by atoms with Crippen molar-refractivity contribution in [3.63, 3.8) is 0 Å². The van der Waals surface area contributed by atoms with Gasteiger partial charge in [0, 0.05) is 31.6 Å². The number of nitrogens with one attached hydrogen (secondary N) is 2. The second-order valence-electron chi connectivity index (χ2n) is 9.84. The summed E-state index contributed by atoms with van der Waals surface area (Å²) in [6.45, 7) is 2.15. The Kier molecular flexibility index (Phi) is 8.94. The van der Waals surface area contributed by atoms with Crippen LogP contribution >= 0.6 is 0 Å². The van der Waals surface area contributed by atoms with Gasteiger partial charge >= 0.3 is 11.7 Å². The molecule has 3 N–H and O–H groups in total. The average Bonchev–Trinajstić information content (AvgIpc) is 3.37. The maximum absolute atomic E-state index is 13.3. The van der Waals surface area contributed by atoms with Crippen LogP contribution in [0.25, 0.3) is 11.1 Å². The van der Waals surface area contributed by atoms with E-state index in [0.29, 0.717) is 35.3 Å². The fourth-order valence-electron chi connectivity index (χ4n) is 5.17. The second-order valence-corrected chi connectivity index (χ2v) is 9.84. The van der Waals surface area contributed by atoms with E-state index in [4.69, 9.17) is 5.53 Å². The van der Waals surface area contributed by atoms with Crippen LogP contribution in [0.4, 0.5) is 0 Å². The highest BCUT2D eigenvalue weighted by atomic mass is 16.4. The summed E-state index contributed by atoms with van der Waals surface area (Å²) in [6.07, 6.45) is 5.57. The van der Waals surface area contributed by atoms with Crippen LogP contribution in [-0.4, -0.2) is 38.7 Å². The van der Waals surface area contributed by atoms with Crippen molar-refractivity contribution in [1.29, 1.82) is 5.53 Å². The van der Waals surface area contributed by atoms with Gasteiger partial charge in [0.2, 0.25) is 10.8 Å². The summed E-state index contributed by atoms with van der Waals surface area (Å²) in [6, 6.07) is 5.87. The Morgan fingerprint density at radius 2 is 1.78 bits per heavy atom. The molecule has 3 rings (SSSR count). The maximum atomic E-state index is 13.3. The van der Waals surface area contributed by atoms with E-state index >= 15 is 0 Å². The number of aliphatic carboxylic acids is 1. The van der Waals surface area contributed by atoms with Gasteiger partial charge in [-0.25, -0.2) is 9.59 Å². The van der Waals surface area contributed by atoms with Crippen LogP contribution in [0.2, 0.25) is 0 Å². The van der Waals surface area contributed by atoms with Crippen LogP contribution in [-0.2, 0) is 30.1 Å². The molecule has 1 aromatic carbocycles. The first-order valence-corrected chi connectivity index (χ1v) is 12.5. The highest BCUT2D eigenvalue weighted by Crippen LogP contribution is 2.42. The summed E-state index contributed by atoms with van der Waals surface area (Å²) in [5, 5.41) is 16.3. The molecule has 0 unspecified atom stereocenters. The van der Waals surface area contributed by atoms with Crippen molar-refractivity contribution in [2.24, 2.45) is 24.6 Å². The van der Waals surface area contributed by atoms with Crippen LogP contribution < -0.4 is 21.5 Å². The van der Waals surface area contributed by atoms with Crippen molar-refractivity contribution in [1.82, 2.24) is 19.4 Å². The van der Waals surface area contributed by atoms with E-state index in [-0.39, 0.29) is 12.3 Å². The number of nitrogens with zero attached hydrogens (tertiary/aromatic N) is 4. The topological polar surface area (TPSA) is 161 Å². The van der Waals surface area contributed by atoms with Gasteiger partial charge in [0.1, 0.15) is 23.2 Å². The SMILES string of the molecule is Cc1c(-c2ccc(C[C@H](NC(=O)C3(CCCCN=[N+]=N)CCCC3)C(=O)O)cc2)c(=O)n(C)c(=O)n1C. The quantitative estimate of drug-likeness (QED) is 0.240. The van der Waals surface area contributed by atoms with E-state index in [1.54, 1.807) is 38.2 Å². The maximum Gasteiger partial charge on any atom is 0.330 e. The number of carbonyl (C=O) groups excluding carboxylic acids is 1. The highest BCUT2D eigenvalue weighted by Gasteiger charge is 2.41. The third-order valence-electron chi connectivity index (χ3n) is 7.52. The number of aromatic nitrogens is 2. The summed E-state index contributed by atoms with van der Waals surface area (Å²) in [5.41, 5.74) is 7.65. The van der Waals surface area contributed by atoms with Gasteiger partial charge in [-0.2, -0.15) is 0 Å². The van der Waals surface area contributed by atoms with Gasteiger partial charge in [-0.05, 0) is 43.7 Å². The normalized spacial score (nSPS) is 15.1. The molecule has 2 aromatic rings. The average molecular weight is 512 g/mol. The molecule has 1 aromatic heterocycles. The van der Waals surface area contributed by atoms with Gasteiger partial charge in [-0.3, -0.25) is 14.2 Å². The van der Waals surface area contributed by atoms with E-state index in [2.05, 4.69) is 15.3 Å². The fraction of sp³-hybridized carbons (Fsp3) is 0.538. The minimum Gasteiger partial charge on any atom is -0.480 e. The minimum absolute atomic E-state index is 0.103. The van der Waals surface area contributed by atoms with Gasteiger partial charge in [-0.1, -0.05) is 43.5 Å². The zero-order chi connectivity index (χ0) is 27.2. The van der Waals surface area contributed by atoms with E-state index in [9.17, 15) is 24.3 Å². The lowest BCUT2D eigenvalue weighted by Gasteiger charge is -2.29. The number of carboxylic acid groups (broad SMARTS) is 1.